The number of carbonyl (C=O) groups is 1. The molecule has 0 bridgehead atoms. The molecule has 15 heavy (non-hydrogen) atoms. The van der Waals surface area contributed by atoms with Gasteiger partial charge in [0.2, 0.25) is 5.91 Å². The predicted molar refractivity (Wildman–Crippen MR) is 64.0 cm³/mol. The molecule has 3 nitrogen and oxygen atoms in total. The van der Waals surface area contributed by atoms with Gasteiger partial charge in [-0.3, -0.25) is 4.79 Å². The minimum absolute atomic E-state index is 0.163. The number of hydrogen-bond donors (Lipinski definition) is 1. The van der Waals surface area contributed by atoms with E-state index in [1.165, 1.54) is 0 Å². The molecule has 0 radical (unpaired) electrons. The summed E-state index contributed by atoms with van der Waals surface area (Å²) in [5, 5.41) is 8.80. The van der Waals surface area contributed by atoms with Gasteiger partial charge in [0.05, 0.1) is 0 Å². The number of amides is 1. The first-order valence-corrected chi connectivity index (χ1v) is 6.81. The van der Waals surface area contributed by atoms with Crippen molar-refractivity contribution in [2.45, 2.75) is 32.7 Å². The fourth-order valence-corrected chi connectivity index (χ4v) is 3.04. The molecular weight excluding hydrogens is 210 g/mol. The minimum atomic E-state index is 0.163. The van der Waals surface area contributed by atoms with Crippen molar-refractivity contribution in [3.05, 3.63) is 0 Å². The van der Waals surface area contributed by atoms with Gasteiger partial charge in [-0.25, -0.2) is 0 Å². The van der Waals surface area contributed by atoms with E-state index >= 15 is 0 Å². The highest BCUT2D eigenvalue weighted by Crippen LogP contribution is 2.25. The van der Waals surface area contributed by atoms with Crippen LogP contribution < -0.4 is 0 Å². The average Bonchev–Trinajstić information content (AvgIpc) is 2.70. The van der Waals surface area contributed by atoms with Crippen molar-refractivity contribution in [3.8, 4) is 0 Å². The number of thioether (sulfide) groups is 1. The second-order valence-corrected chi connectivity index (χ2v) is 5.41. The number of hydrogen-bond acceptors (Lipinski definition) is 3. The van der Waals surface area contributed by atoms with Crippen LogP contribution in [0.25, 0.3) is 0 Å². The van der Waals surface area contributed by atoms with Crippen molar-refractivity contribution in [1.82, 2.24) is 4.90 Å². The average molecular weight is 231 g/mol. The molecule has 1 amide bonds. The Morgan fingerprint density at radius 1 is 1.60 bits per heavy atom. The van der Waals surface area contributed by atoms with Gasteiger partial charge in [-0.2, -0.15) is 11.8 Å². The Balaban J connectivity index is 2.49. The molecule has 0 aromatic carbocycles. The summed E-state index contributed by atoms with van der Waals surface area (Å²) < 4.78 is 0. The Bertz CT molecular complexity index is 203. The van der Waals surface area contributed by atoms with Gasteiger partial charge in [-0.1, -0.05) is 0 Å². The topological polar surface area (TPSA) is 40.5 Å². The summed E-state index contributed by atoms with van der Waals surface area (Å²) in [4.78, 5) is 14.0. The third-order valence-corrected chi connectivity index (χ3v) is 3.90. The first kappa shape index (κ1) is 12.8. The van der Waals surface area contributed by atoms with E-state index in [0.29, 0.717) is 13.0 Å². The largest absolute Gasteiger partial charge is 0.396 e. The van der Waals surface area contributed by atoms with Crippen LogP contribution in [0.4, 0.5) is 0 Å². The lowest BCUT2D eigenvalue weighted by Gasteiger charge is -2.29. The van der Waals surface area contributed by atoms with Gasteiger partial charge in [0, 0.05) is 30.9 Å². The van der Waals surface area contributed by atoms with E-state index in [4.69, 9.17) is 5.11 Å². The molecule has 4 heteroatoms. The molecule has 0 aliphatic carbocycles. The number of carbonyl (C=O) groups excluding carboxylic acids is 1. The highest BCUT2D eigenvalue weighted by atomic mass is 32.2. The molecule has 0 aromatic rings. The Labute approximate surface area is 96.2 Å². The van der Waals surface area contributed by atoms with Gasteiger partial charge >= 0.3 is 0 Å². The highest BCUT2D eigenvalue weighted by molar-refractivity contribution is 7.99. The molecule has 1 fully saturated rings. The molecule has 0 saturated carbocycles. The van der Waals surface area contributed by atoms with Crippen LogP contribution in [0.1, 0.15) is 26.7 Å². The van der Waals surface area contributed by atoms with Gasteiger partial charge in [0.25, 0.3) is 0 Å². The Morgan fingerprint density at radius 3 is 2.80 bits per heavy atom. The fourth-order valence-electron chi connectivity index (χ4n) is 1.83. The molecule has 1 unspecified atom stereocenters. The van der Waals surface area contributed by atoms with Crippen molar-refractivity contribution >= 4 is 17.7 Å². The maximum absolute atomic E-state index is 12.1. The number of aliphatic hydroxyl groups excluding tert-OH is 1. The molecule has 1 atom stereocenters. The van der Waals surface area contributed by atoms with Crippen molar-refractivity contribution in [1.29, 1.82) is 0 Å². The molecule has 88 valence electrons. The number of aliphatic hydroxyl groups is 1. The van der Waals surface area contributed by atoms with Gasteiger partial charge in [0.1, 0.15) is 0 Å². The van der Waals surface area contributed by atoms with E-state index in [1.807, 2.05) is 30.5 Å². The predicted octanol–water partition coefficient (Wildman–Crippen LogP) is 1.36. The summed E-state index contributed by atoms with van der Waals surface area (Å²) in [6.07, 6.45) is 1.70. The molecule has 0 aromatic heterocycles. The monoisotopic (exact) mass is 231 g/mol. The summed E-state index contributed by atoms with van der Waals surface area (Å²) in [6.45, 7) is 4.93. The zero-order chi connectivity index (χ0) is 11.3. The molecule has 0 spiro atoms. The summed E-state index contributed by atoms with van der Waals surface area (Å²) >= 11 is 1.87. The van der Waals surface area contributed by atoms with E-state index in [1.54, 1.807) is 0 Å². The number of rotatable bonds is 5. The lowest BCUT2D eigenvalue weighted by Crippen LogP contribution is -2.41. The fraction of sp³-hybridized carbons (Fsp3) is 0.909. The van der Waals surface area contributed by atoms with Crippen LogP contribution in [-0.2, 0) is 4.79 Å². The Kier molecular flexibility index (Phi) is 5.47. The third kappa shape index (κ3) is 3.68. The van der Waals surface area contributed by atoms with Crippen molar-refractivity contribution in [2.24, 2.45) is 5.92 Å². The standard InChI is InChI=1S/C11H21NO2S/c1-9(2)12(5-3-6-13)11(14)10-4-7-15-8-10/h9-10,13H,3-8H2,1-2H3. The van der Waals surface area contributed by atoms with Crippen LogP contribution in [0.3, 0.4) is 0 Å². The SMILES string of the molecule is CC(C)N(CCCO)C(=O)C1CCSC1. The number of nitrogens with zero attached hydrogens (tertiary/aromatic N) is 1. The summed E-state index contributed by atoms with van der Waals surface area (Å²) in [6, 6.07) is 0.245. The van der Waals surface area contributed by atoms with E-state index in [9.17, 15) is 4.79 Å². The molecule has 1 N–H and O–H groups in total. The van der Waals surface area contributed by atoms with Crippen LogP contribution in [0.15, 0.2) is 0 Å². The highest BCUT2D eigenvalue weighted by Gasteiger charge is 2.28. The molecule has 1 aliphatic rings. The quantitative estimate of drug-likeness (QED) is 0.776. The maximum atomic E-state index is 12.1. The van der Waals surface area contributed by atoms with E-state index in [2.05, 4.69) is 0 Å². The zero-order valence-electron chi connectivity index (χ0n) is 9.61. The lowest BCUT2D eigenvalue weighted by molar-refractivity contribution is -0.136. The van der Waals surface area contributed by atoms with E-state index in [0.717, 1.165) is 17.9 Å². The Morgan fingerprint density at radius 2 is 2.33 bits per heavy atom. The molecule has 1 heterocycles. The molecule has 1 saturated heterocycles. The van der Waals surface area contributed by atoms with Gasteiger partial charge in [-0.05, 0) is 32.4 Å². The molecule has 1 aliphatic heterocycles. The minimum Gasteiger partial charge on any atom is -0.396 e. The second-order valence-electron chi connectivity index (χ2n) is 4.26. The van der Waals surface area contributed by atoms with Crippen LogP contribution >= 0.6 is 11.8 Å². The van der Waals surface area contributed by atoms with Crippen LogP contribution in [0.2, 0.25) is 0 Å². The summed E-state index contributed by atoms with van der Waals surface area (Å²) in [7, 11) is 0. The maximum Gasteiger partial charge on any atom is 0.226 e. The first-order chi connectivity index (χ1) is 7.16. The van der Waals surface area contributed by atoms with Crippen LogP contribution in [0.5, 0.6) is 0 Å². The van der Waals surface area contributed by atoms with E-state index < -0.39 is 0 Å². The van der Waals surface area contributed by atoms with E-state index in [-0.39, 0.29) is 24.5 Å². The van der Waals surface area contributed by atoms with Crippen LogP contribution in [-0.4, -0.2) is 46.6 Å². The van der Waals surface area contributed by atoms with Gasteiger partial charge in [-0.15, -0.1) is 0 Å². The molecule has 1 rings (SSSR count). The summed E-state index contributed by atoms with van der Waals surface area (Å²) in [5.74, 6) is 2.59. The van der Waals surface area contributed by atoms with Crippen molar-refractivity contribution in [2.75, 3.05) is 24.7 Å². The Hall–Kier alpha value is -0.220. The normalized spacial score (nSPS) is 20.9. The van der Waals surface area contributed by atoms with Crippen LogP contribution in [0, 0.1) is 5.92 Å². The van der Waals surface area contributed by atoms with Crippen molar-refractivity contribution < 1.29 is 9.90 Å². The molecular formula is C11H21NO2S. The lowest BCUT2D eigenvalue weighted by atomic mass is 10.1. The van der Waals surface area contributed by atoms with Gasteiger partial charge in [0.15, 0.2) is 0 Å². The summed E-state index contributed by atoms with van der Waals surface area (Å²) in [5.41, 5.74) is 0. The zero-order valence-corrected chi connectivity index (χ0v) is 10.4. The van der Waals surface area contributed by atoms with Gasteiger partial charge < -0.3 is 10.0 Å². The van der Waals surface area contributed by atoms with Crippen molar-refractivity contribution in [3.63, 3.8) is 0 Å². The third-order valence-electron chi connectivity index (χ3n) is 2.74. The smallest absolute Gasteiger partial charge is 0.226 e. The second kappa shape index (κ2) is 6.38. The first-order valence-electron chi connectivity index (χ1n) is 5.66.